The summed E-state index contributed by atoms with van der Waals surface area (Å²) in [5, 5.41) is 0. The van der Waals surface area contributed by atoms with Crippen molar-refractivity contribution in [3.05, 3.63) is 0 Å². The Bertz CT molecular complexity index is 81.0. The van der Waals surface area contributed by atoms with Crippen LogP contribution in [-0.2, 0) is 9.47 Å². The monoisotopic (exact) mass is 132 g/mol. The third kappa shape index (κ3) is 2.28. The predicted molar refractivity (Wildman–Crippen MR) is 32.5 cm³/mol. The second kappa shape index (κ2) is 3.12. The van der Waals surface area contributed by atoms with Crippen LogP contribution in [0.25, 0.3) is 0 Å². The molecule has 0 aromatic heterocycles. The van der Waals surface area contributed by atoms with Gasteiger partial charge in [0.05, 0.1) is 19.4 Å². The highest BCUT2D eigenvalue weighted by Crippen LogP contribution is 2.06. The predicted octanol–water partition coefficient (Wildman–Crippen LogP) is -1.01. The SMILES string of the molecule is NC(N)CC1OCCO1. The highest BCUT2D eigenvalue weighted by Gasteiger charge is 2.16. The second-order valence-electron chi connectivity index (χ2n) is 2.07. The van der Waals surface area contributed by atoms with Crippen molar-refractivity contribution in [1.82, 2.24) is 0 Å². The fourth-order valence-electron chi connectivity index (χ4n) is 0.766. The van der Waals surface area contributed by atoms with Crippen LogP contribution in [0.2, 0.25) is 0 Å². The number of nitrogens with two attached hydrogens (primary N) is 2. The Morgan fingerprint density at radius 2 is 1.89 bits per heavy atom. The molecule has 1 aliphatic rings. The molecule has 0 aliphatic carbocycles. The lowest BCUT2D eigenvalue weighted by molar-refractivity contribution is -0.0501. The van der Waals surface area contributed by atoms with Gasteiger partial charge in [-0.1, -0.05) is 0 Å². The van der Waals surface area contributed by atoms with E-state index in [1.807, 2.05) is 0 Å². The van der Waals surface area contributed by atoms with E-state index in [2.05, 4.69) is 0 Å². The molecule has 1 saturated heterocycles. The van der Waals surface area contributed by atoms with Crippen LogP contribution in [0, 0.1) is 0 Å². The van der Waals surface area contributed by atoms with Gasteiger partial charge in [-0.3, -0.25) is 0 Å². The molecule has 1 heterocycles. The van der Waals surface area contributed by atoms with Crippen LogP contribution in [-0.4, -0.2) is 25.7 Å². The summed E-state index contributed by atoms with van der Waals surface area (Å²) >= 11 is 0. The van der Waals surface area contributed by atoms with E-state index < -0.39 is 0 Å². The van der Waals surface area contributed by atoms with Gasteiger partial charge in [-0.15, -0.1) is 0 Å². The van der Waals surface area contributed by atoms with Gasteiger partial charge in [0.1, 0.15) is 0 Å². The van der Waals surface area contributed by atoms with Crippen LogP contribution in [0.1, 0.15) is 6.42 Å². The molecule has 0 bridgehead atoms. The molecule has 1 aliphatic heterocycles. The standard InChI is InChI=1S/C5H12N2O2/c6-4(7)3-5-8-1-2-9-5/h4-5H,1-3,6-7H2. The van der Waals surface area contributed by atoms with E-state index in [-0.39, 0.29) is 12.5 Å². The van der Waals surface area contributed by atoms with Crippen molar-refractivity contribution < 1.29 is 9.47 Å². The lowest BCUT2D eigenvalue weighted by Crippen LogP contribution is -2.34. The third-order valence-electron chi connectivity index (χ3n) is 1.16. The van der Waals surface area contributed by atoms with E-state index in [0.29, 0.717) is 19.6 Å². The zero-order valence-corrected chi connectivity index (χ0v) is 5.25. The lowest BCUT2D eigenvalue weighted by Gasteiger charge is -2.10. The van der Waals surface area contributed by atoms with Crippen molar-refractivity contribution in [1.29, 1.82) is 0 Å². The topological polar surface area (TPSA) is 70.5 Å². The first-order valence-electron chi connectivity index (χ1n) is 3.03. The number of hydrogen-bond donors (Lipinski definition) is 2. The molecule has 4 heteroatoms. The first-order chi connectivity index (χ1) is 4.29. The summed E-state index contributed by atoms with van der Waals surface area (Å²) in [6.45, 7) is 1.33. The Morgan fingerprint density at radius 1 is 1.33 bits per heavy atom. The number of hydrogen-bond acceptors (Lipinski definition) is 4. The molecular formula is C5H12N2O2. The van der Waals surface area contributed by atoms with Crippen LogP contribution >= 0.6 is 0 Å². The first kappa shape index (κ1) is 6.95. The fourth-order valence-corrected chi connectivity index (χ4v) is 0.766. The molecule has 0 unspecified atom stereocenters. The van der Waals surface area contributed by atoms with Crippen LogP contribution < -0.4 is 11.5 Å². The van der Waals surface area contributed by atoms with Crippen LogP contribution in [0.4, 0.5) is 0 Å². The zero-order valence-electron chi connectivity index (χ0n) is 5.25. The fraction of sp³-hybridized carbons (Fsp3) is 1.00. The van der Waals surface area contributed by atoms with Crippen LogP contribution in [0.5, 0.6) is 0 Å². The third-order valence-corrected chi connectivity index (χ3v) is 1.16. The molecule has 0 radical (unpaired) electrons. The van der Waals surface area contributed by atoms with E-state index in [0.717, 1.165) is 0 Å². The van der Waals surface area contributed by atoms with Crippen molar-refractivity contribution in [2.45, 2.75) is 18.9 Å². The molecule has 1 fully saturated rings. The number of ether oxygens (including phenoxy) is 2. The van der Waals surface area contributed by atoms with E-state index in [9.17, 15) is 0 Å². The molecular weight excluding hydrogens is 120 g/mol. The van der Waals surface area contributed by atoms with Gasteiger partial charge < -0.3 is 20.9 Å². The van der Waals surface area contributed by atoms with Crippen molar-refractivity contribution in [2.75, 3.05) is 13.2 Å². The average molecular weight is 132 g/mol. The summed E-state index contributed by atoms with van der Waals surface area (Å²) in [6, 6.07) is 0. The van der Waals surface area contributed by atoms with Gasteiger partial charge in [0.2, 0.25) is 0 Å². The zero-order chi connectivity index (χ0) is 6.69. The van der Waals surface area contributed by atoms with Gasteiger partial charge in [-0.25, -0.2) is 0 Å². The highest BCUT2D eigenvalue weighted by atomic mass is 16.7. The quantitative estimate of drug-likeness (QED) is 0.472. The molecule has 0 saturated carbocycles. The maximum atomic E-state index is 5.29. The summed E-state index contributed by atoms with van der Waals surface area (Å²) < 4.78 is 10.2. The molecule has 4 N–H and O–H groups in total. The van der Waals surface area contributed by atoms with Gasteiger partial charge in [-0.05, 0) is 0 Å². The Labute approximate surface area is 54.1 Å². The van der Waals surface area contributed by atoms with Gasteiger partial charge in [0.15, 0.2) is 6.29 Å². The Hall–Kier alpha value is -0.160. The smallest absolute Gasteiger partial charge is 0.160 e. The Morgan fingerprint density at radius 3 is 2.33 bits per heavy atom. The molecule has 54 valence electrons. The molecule has 1 rings (SSSR count). The minimum atomic E-state index is -0.326. The van der Waals surface area contributed by atoms with Crippen molar-refractivity contribution >= 4 is 0 Å². The molecule has 0 aromatic carbocycles. The van der Waals surface area contributed by atoms with Gasteiger partial charge in [0, 0.05) is 6.42 Å². The normalized spacial score (nSPS) is 21.7. The summed E-state index contributed by atoms with van der Waals surface area (Å²) in [5.41, 5.74) is 10.6. The molecule has 0 amide bonds. The van der Waals surface area contributed by atoms with E-state index in [1.54, 1.807) is 0 Å². The van der Waals surface area contributed by atoms with Crippen LogP contribution in [0.3, 0.4) is 0 Å². The van der Waals surface area contributed by atoms with Crippen molar-refractivity contribution in [3.8, 4) is 0 Å². The van der Waals surface area contributed by atoms with Gasteiger partial charge in [-0.2, -0.15) is 0 Å². The lowest BCUT2D eigenvalue weighted by atomic mass is 10.3. The van der Waals surface area contributed by atoms with Gasteiger partial charge >= 0.3 is 0 Å². The molecule has 0 atom stereocenters. The highest BCUT2D eigenvalue weighted by molar-refractivity contribution is 4.58. The minimum absolute atomic E-state index is 0.162. The van der Waals surface area contributed by atoms with Crippen molar-refractivity contribution in [2.24, 2.45) is 11.5 Å². The molecule has 0 spiro atoms. The first-order valence-corrected chi connectivity index (χ1v) is 3.03. The summed E-state index contributed by atoms with van der Waals surface area (Å²) in [5.74, 6) is 0. The molecule has 0 aromatic rings. The largest absolute Gasteiger partial charge is 0.350 e. The summed E-state index contributed by atoms with van der Waals surface area (Å²) in [6.07, 6.45) is 0.0955. The maximum Gasteiger partial charge on any atom is 0.160 e. The van der Waals surface area contributed by atoms with Gasteiger partial charge in [0.25, 0.3) is 0 Å². The maximum absolute atomic E-state index is 5.29. The van der Waals surface area contributed by atoms with E-state index >= 15 is 0 Å². The van der Waals surface area contributed by atoms with Crippen LogP contribution in [0.15, 0.2) is 0 Å². The average Bonchev–Trinajstić information content (AvgIpc) is 2.15. The minimum Gasteiger partial charge on any atom is -0.350 e. The summed E-state index contributed by atoms with van der Waals surface area (Å²) in [7, 11) is 0. The Kier molecular flexibility index (Phi) is 2.41. The number of rotatable bonds is 2. The van der Waals surface area contributed by atoms with E-state index in [1.165, 1.54) is 0 Å². The second-order valence-corrected chi connectivity index (χ2v) is 2.07. The van der Waals surface area contributed by atoms with E-state index in [4.69, 9.17) is 20.9 Å². The molecule has 9 heavy (non-hydrogen) atoms. The molecule has 4 nitrogen and oxygen atoms in total. The Balaban J connectivity index is 2.11. The van der Waals surface area contributed by atoms with Crippen molar-refractivity contribution in [3.63, 3.8) is 0 Å². The summed E-state index contributed by atoms with van der Waals surface area (Å²) in [4.78, 5) is 0.